The fourth-order valence-electron chi connectivity index (χ4n) is 3.41. The molecule has 32 heavy (non-hydrogen) atoms. The second kappa shape index (κ2) is 10.6. The van der Waals surface area contributed by atoms with Gasteiger partial charge in [-0.05, 0) is 29.8 Å². The summed E-state index contributed by atoms with van der Waals surface area (Å²) in [5.74, 6) is 0.385. The summed E-state index contributed by atoms with van der Waals surface area (Å²) < 4.78 is 41.6. The molecule has 1 aliphatic heterocycles. The first kappa shape index (κ1) is 23.7. The summed E-state index contributed by atoms with van der Waals surface area (Å²) in [4.78, 5) is 14.8. The summed E-state index contributed by atoms with van der Waals surface area (Å²) in [6, 6.07) is 12.7. The van der Waals surface area contributed by atoms with E-state index in [4.69, 9.17) is 14.2 Å². The van der Waals surface area contributed by atoms with Gasteiger partial charge < -0.3 is 24.4 Å². The number of benzene rings is 2. The first-order valence-electron chi connectivity index (χ1n) is 10.2. The van der Waals surface area contributed by atoms with Crippen LogP contribution in [0.4, 0.5) is 11.4 Å². The highest BCUT2D eigenvalue weighted by molar-refractivity contribution is 7.92. The van der Waals surface area contributed by atoms with Gasteiger partial charge in [0.15, 0.2) is 0 Å². The number of anilines is 2. The Hall–Kier alpha value is -2.98. The number of nitrogens with one attached hydrogen (secondary N) is 1. The maximum atomic E-state index is 12.6. The molecule has 0 spiro atoms. The van der Waals surface area contributed by atoms with E-state index in [0.717, 1.165) is 34.9 Å². The quantitative estimate of drug-likeness (QED) is 0.604. The standard InChI is InChI=1S/C22H29N3O6S/c1-29-19-8-9-20(21(14-19)30-2)25(32(3,27)28)16-22(26)23-15-17-4-6-18(7-5-17)24-10-12-31-13-11-24/h4-9,14H,10-13,15-16H2,1-3H3,(H,23,26). The van der Waals surface area contributed by atoms with Crippen LogP contribution in [-0.4, -0.2) is 67.6 Å². The molecule has 0 bridgehead atoms. The van der Waals surface area contributed by atoms with Crippen LogP contribution in [0.2, 0.25) is 0 Å². The third-order valence-electron chi connectivity index (χ3n) is 5.15. The molecule has 10 heteroatoms. The van der Waals surface area contributed by atoms with E-state index in [1.807, 2.05) is 24.3 Å². The molecule has 9 nitrogen and oxygen atoms in total. The van der Waals surface area contributed by atoms with Crippen molar-refractivity contribution in [1.29, 1.82) is 0 Å². The topological polar surface area (TPSA) is 97.4 Å². The molecule has 0 aromatic heterocycles. The largest absolute Gasteiger partial charge is 0.497 e. The molecule has 2 aromatic rings. The van der Waals surface area contributed by atoms with Gasteiger partial charge in [-0.25, -0.2) is 8.42 Å². The molecule has 0 atom stereocenters. The van der Waals surface area contributed by atoms with Crippen LogP contribution in [-0.2, 0) is 26.1 Å². The number of hydrogen-bond acceptors (Lipinski definition) is 7. The van der Waals surface area contributed by atoms with Crippen molar-refractivity contribution in [3.8, 4) is 11.5 Å². The molecule has 0 radical (unpaired) electrons. The zero-order valence-corrected chi connectivity index (χ0v) is 19.4. The minimum Gasteiger partial charge on any atom is -0.497 e. The van der Waals surface area contributed by atoms with Crippen LogP contribution in [0.15, 0.2) is 42.5 Å². The molecule has 1 N–H and O–H groups in total. The zero-order valence-electron chi connectivity index (χ0n) is 18.5. The van der Waals surface area contributed by atoms with E-state index in [1.165, 1.54) is 14.2 Å². The predicted octanol–water partition coefficient (Wildman–Crippen LogP) is 1.62. The second-order valence-corrected chi connectivity index (χ2v) is 9.26. The summed E-state index contributed by atoms with van der Waals surface area (Å²) in [5, 5.41) is 2.79. The number of carbonyl (C=O) groups is 1. The number of morpholine rings is 1. The fraction of sp³-hybridized carbons (Fsp3) is 0.409. The van der Waals surface area contributed by atoms with Crippen LogP contribution in [0, 0.1) is 0 Å². The van der Waals surface area contributed by atoms with E-state index in [9.17, 15) is 13.2 Å². The predicted molar refractivity (Wildman–Crippen MR) is 123 cm³/mol. The Bertz CT molecular complexity index is 1020. The molecular formula is C22H29N3O6S. The van der Waals surface area contributed by atoms with Crippen molar-refractivity contribution >= 4 is 27.3 Å². The molecule has 1 fully saturated rings. The number of rotatable bonds is 9. The molecule has 1 aliphatic rings. The minimum absolute atomic E-state index is 0.265. The molecule has 1 heterocycles. The Balaban J connectivity index is 1.65. The molecule has 0 unspecified atom stereocenters. The second-order valence-electron chi connectivity index (χ2n) is 7.35. The minimum atomic E-state index is -3.73. The maximum absolute atomic E-state index is 12.6. The number of amides is 1. The number of carbonyl (C=O) groups excluding carboxylic acids is 1. The van der Waals surface area contributed by atoms with Gasteiger partial charge in [-0.15, -0.1) is 0 Å². The van der Waals surface area contributed by atoms with E-state index in [2.05, 4.69) is 10.2 Å². The highest BCUT2D eigenvalue weighted by Crippen LogP contribution is 2.33. The van der Waals surface area contributed by atoms with E-state index in [-0.39, 0.29) is 12.2 Å². The van der Waals surface area contributed by atoms with E-state index in [0.29, 0.717) is 31.3 Å². The van der Waals surface area contributed by atoms with Crippen LogP contribution >= 0.6 is 0 Å². The maximum Gasteiger partial charge on any atom is 0.241 e. The van der Waals surface area contributed by atoms with Gasteiger partial charge in [-0.3, -0.25) is 9.10 Å². The number of ether oxygens (including phenoxy) is 3. The number of methoxy groups -OCH3 is 2. The summed E-state index contributed by atoms with van der Waals surface area (Å²) in [7, 11) is -0.797. The Morgan fingerprint density at radius 1 is 1.09 bits per heavy atom. The van der Waals surface area contributed by atoms with Crippen LogP contribution in [0.1, 0.15) is 5.56 Å². The molecule has 2 aromatic carbocycles. The highest BCUT2D eigenvalue weighted by Gasteiger charge is 2.24. The molecular weight excluding hydrogens is 434 g/mol. The molecule has 174 valence electrons. The van der Waals surface area contributed by atoms with Gasteiger partial charge in [-0.1, -0.05) is 12.1 Å². The fourth-order valence-corrected chi connectivity index (χ4v) is 4.27. The Morgan fingerprint density at radius 3 is 2.38 bits per heavy atom. The highest BCUT2D eigenvalue weighted by atomic mass is 32.2. The van der Waals surface area contributed by atoms with Crippen molar-refractivity contribution in [3.63, 3.8) is 0 Å². The average molecular weight is 464 g/mol. The lowest BCUT2D eigenvalue weighted by Crippen LogP contribution is -2.40. The van der Waals surface area contributed by atoms with Crippen LogP contribution in [0.3, 0.4) is 0 Å². The van der Waals surface area contributed by atoms with Crippen LogP contribution in [0.25, 0.3) is 0 Å². The van der Waals surface area contributed by atoms with Gasteiger partial charge in [0.2, 0.25) is 15.9 Å². The molecule has 0 saturated carbocycles. The lowest BCUT2D eigenvalue weighted by Gasteiger charge is -2.29. The smallest absolute Gasteiger partial charge is 0.241 e. The first-order chi connectivity index (χ1) is 15.3. The Morgan fingerprint density at radius 2 is 1.78 bits per heavy atom. The van der Waals surface area contributed by atoms with Crippen LogP contribution < -0.4 is 24.0 Å². The van der Waals surface area contributed by atoms with Crippen molar-refractivity contribution in [2.45, 2.75) is 6.54 Å². The molecule has 3 rings (SSSR count). The van der Waals surface area contributed by atoms with Crippen LogP contribution in [0.5, 0.6) is 11.5 Å². The summed E-state index contributed by atoms with van der Waals surface area (Å²) in [6.07, 6.45) is 1.05. The van der Waals surface area contributed by atoms with Gasteiger partial charge in [0.05, 0.1) is 39.4 Å². The van der Waals surface area contributed by atoms with E-state index in [1.54, 1.807) is 18.2 Å². The third kappa shape index (κ3) is 6.04. The zero-order chi connectivity index (χ0) is 23.1. The van der Waals surface area contributed by atoms with Crippen molar-refractivity contribution in [2.75, 3.05) is 62.5 Å². The molecule has 1 amide bonds. The summed E-state index contributed by atoms with van der Waals surface area (Å²) in [6.45, 7) is 3.06. The summed E-state index contributed by atoms with van der Waals surface area (Å²) >= 11 is 0. The number of nitrogens with zero attached hydrogens (tertiary/aromatic N) is 2. The van der Waals surface area contributed by atoms with Crippen molar-refractivity contribution < 1.29 is 27.4 Å². The Labute approximate surface area is 188 Å². The van der Waals surface area contributed by atoms with E-state index < -0.39 is 15.9 Å². The number of hydrogen-bond donors (Lipinski definition) is 1. The number of sulfonamides is 1. The van der Waals surface area contributed by atoms with Crippen molar-refractivity contribution in [2.24, 2.45) is 0 Å². The van der Waals surface area contributed by atoms with Gasteiger partial charge in [0.1, 0.15) is 18.0 Å². The Kier molecular flexibility index (Phi) is 7.81. The van der Waals surface area contributed by atoms with Gasteiger partial charge >= 0.3 is 0 Å². The molecule has 0 aliphatic carbocycles. The van der Waals surface area contributed by atoms with Crippen molar-refractivity contribution in [3.05, 3.63) is 48.0 Å². The lowest BCUT2D eigenvalue weighted by molar-refractivity contribution is -0.119. The lowest BCUT2D eigenvalue weighted by atomic mass is 10.2. The first-order valence-corrected chi connectivity index (χ1v) is 12.0. The normalized spacial score (nSPS) is 14.0. The average Bonchev–Trinajstić information content (AvgIpc) is 2.81. The third-order valence-corrected chi connectivity index (χ3v) is 6.27. The van der Waals surface area contributed by atoms with Gasteiger partial charge in [0.25, 0.3) is 0 Å². The SMILES string of the molecule is COc1ccc(N(CC(=O)NCc2ccc(N3CCOCC3)cc2)S(C)(=O)=O)c(OC)c1. The van der Waals surface area contributed by atoms with Gasteiger partial charge in [0, 0.05) is 31.4 Å². The summed E-state index contributed by atoms with van der Waals surface area (Å²) in [5.41, 5.74) is 2.29. The molecule has 1 saturated heterocycles. The van der Waals surface area contributed by atoms with Crippen molar-refractivity contribution in [1.82, 2.24) is 5.32 Å². The van der Waals surface area contributed by atoms with Gasteiger partial charge in [-0.2, -0.15) is 0 Å². The monoisotopic (exact) mass is 463 g/mol. The van der Waals surface area contributed by atoms with E-state index >= 15 is 0 Å².